The van der Waals surface area contributed by atoms with Gasteiger partial charge in [-0.2, -0.15) is 0 Å². The van der Waals surface area contributed by atoms with Crippen LogP contribution in [0, 0.1) is 5.92 Å². The van der Waals surface area contributed by atoms with Crippen molar-refractivity contribution < 1.29 is 9.59 Å². The van der Waals surface area contributed by atoms with E-state index in [1.54, 1.807) is 7.05 Å². The smallest absolute Gasteiger partial charge is 0.223 e. The Morgan fingerprint density at radius 2 is 1.94 bits per heavy atom. The van der Waals surface area contributed by atoms with Crippen LogP contribution in [0.2, 0.25) is 0 Å². The first-order valence-electron chi connectivity index (χ1n) is 5.93. The molecule has 0 atom stereocenters. The second-order valence-electron chi connectivity index (χ2n) is 4.09. The van der Waals surface area contributed by atoms with Crippen molar-refractivity contribution in [3.63, 3.8) is 0 Å². The lowest BCUT2D eigenvalue weighted by atomic mass is 10.3. The second-order valence-corrected chi connectivity index (χ2v) is 4.09. The van der Waals surface area contributed by atoms with Crippen LogP contribution < -0.4 is 16.0 Å². The van der Waals surface area contributed by atoms with Crippen molar-refractivity contribution in [2.45, 2.75) is 25.7 Å². The molecule has 1 aliphatic carbocycles. The summed E-state index contributed by atoms with van der Waals surface area (Å²) in [6.45, 7) is 2.26. The fraction of sp³-hybridized carbons (Fsp3) is 0.818. The molecule has 1 rings (SSSR count). The molecule has 1 aliphatic rings. The van der Waals surface area contributed by atoms with Crippen LogP contribution in [0.5, 0.6) is 0 Å². The molecule has 5 nitrogen and oxygen atoms in total. The molecule has 0 unspecified atom stereocenters. The minimum Gasteiger partial charge on any atom is -0.359 e. The van der Waals surface area contributed by atoms with E-state index < -0.39 is 0 Å². The van der Waals surface area contributed by atoms with Gasteiger partial charge < -0.3 is 16.0 Å². The largest absolute Gasteiger partial charge is 0.359 e. The van der Waals surface area contributed by atoms with E-state index in [9.17, 15) is 9.59 Å². The Labute approximate surface area is 96.4 Å². The minimum atomic E-state index is 0.0730. The van der Waals surface area contributed by atoms with Gasteiger partial charge in [-0.05, 0) is 25.8 Å². The van der Waals surface area contributed by atoms with Crippen LogP contribution in [0.1, 0.15) is 25.7 Å². The summed E-state index contributed by atoms with van der Waals surface area (Å²) in [6.07, 6.45) is 3.48. The van der Waals surface area contributed by atoms with Crippen LogP contribution in [0.4, 0.5) is 0 Å². The maximum atomic E-state index is 11.2. The van der Waals surface area contributed by atoms with Gasteiger partial charge in [-0.1, -0.05) is 0 Å². The number of carbonyl (C=O) groups is 2. The van der Waals surface area contributed by atoms with Crippen molar-refractivity contribution in [1.29, 1.82) is 0 Å². The highest BCUT2D eigenvalue weighted by Crippen LogP contribution is 2.28. The highest BCUT2D eigenvalue weighted by molar-refractivity contribution is 5.80. The molecular formula is C11H21N3O2. The monoisotopic (exact) mass is 227 g/mol. The summed E-state index contributed by atoms with van der Waals surface area (Å²) in [6, 6.07) is 0. The molecule has 1 saturated carbocycles. The maximum Gasteiger partial charge on any atom is 0.223 e. The van der Waals surface area contributed by atoms with Crippen LogP contribution in [-0.2, 0) is 9.59 Å². The van der Waals surface area contributed by atoms with E-state index >= 15 is 0 Å². The lowest BCUT2D eigenvalue weighted by Crippen LogP contribution is -2.33. The summed E-state index contributed by atoms with van der Waals surface area (Å²) in [5, 5.41) is 8.64. The van der Waals surface area contributed by atoms with Crippen LogP contribution >= 0.6 is 0 Å². The molecule has 0 aromatic carbocycles. The normalized spacial score (nSPS) is 14.6. The Morgan fingerprint density at radius 3 is 2.56 bits per heavy atom. The highest BCUT2D eigenvalue weighted by atomic mass is 16.2. The van der Waals surface area contributed by atoms with Gasteiger partial charge in [-0.25, -0.2) is 0 Å². The van der Waals surface area contributed by atoms with Crippen molar-refractivity contribution in [1.82, 2.24) is 16.0 Å². The van der Waals surface area contributed by atoms with Crippen molar-refractivity contribution in [3.05, 3.63) is 0 Å². The molecule has 0 radical (unpaired) electrons. The summed E-state index contributed by atoms with van der Waals surface area (Å²) in [5.74, 6) is 0.546. The number of hydrogen-bond donors (Lipinski definition) is 3. The zero-order valence-corrected chi connectivity index (χ0v) is 9.84. The van der Waals surface area contributed by atoms with Gasteiger partial charge >= 0.3 is 0 Å². The molecule has 5 heteroatoms. The van der Waals surface area contributed by atoms with Gasteiger partial charge in [-0.3, -0.25) is 9.59 Å². The Balaban J connectivity index is 1.80. The molecule has 0 aromatic rings. The quantitative estimate of drug-likeness (QED) is 0.495. The van der Waals surface area contributed by atoms with E-state index in [2.05, 4.69) is 16.0 Å². The standard InChI is InChI=1S/C11H21N3O2/c1-12-10(15)3-2-6-13-7-8-14-11(16)9-4-5-9/h9,13H,2-8H2,1H3,(H,12,15)(H,14,16). The van der Waals surface area contributed by atoms with Gasteiger partial charge in [0.05, 0.1) is 0 Å². The minimum absolute atomic E-state index is 0.0730. The van der Waals surface area contributed by atoms with Crippen LogP contribution in [0.15, 0.2) is 0 Å². The number of hydrogen-bond acceptors (Lipinski definition) is 3. The number of rotatable bonds is 8. The molecule has 0 aliphatic heterocycles. The fourth-order valence-electron chi connectivity index (χ4n) is 1.39. The van der Waals surface area contributed by atoms with Crippen molar-refractivity contribution in [2.75, 3.05) is 26.7 Å². The van der Waals surface area contributed by atoms with E-state index in [0.717, 1.165) is 32.4 Å². The summed E-state index contributed by atoms with van der Waals surface area (Å²) in [5.41, 5.74) is 0. The van der Waals surface area contributed by atoms with Gasteiger partial charge in [0.2, 0.25) is 11.8 Å². The van der Waals surface area contributed by atoms with Crippen LogP contribution in [0.3, 0.4) is 0 Å². The zero-order chi connectivity index (χ0) is 11.8. The summed E-state index contributed by atoms with van der Waals surface area (Å²) >= 11 is 0. The van der Waals surface area contributed by atoms with Gasteiger partial charge in [-0.15, -0.1) is 0 Å². The highest BCUT2D eigenvalue weighted by Gasteiger charge is 2.28. The van der Waals surface area contributed by atoms with E-state index in [1.807, 2.05) is 0 Å². The average Bonchev–Trinajstić information content (AvgIpc) is 3.10. The van der Waals surface area contributed by atoms with Crippen molar-refractivity contribution in [3.8, 4) is 0 Å². The molecule has 0 aromatic heterocycles. The Bertz CT molecular complexity index is 239. The molecule has 2 amide bonds. The predicted octanol–water partition coefficient (Wildman–Crippen LogP) is -0.372. The fourth-order valence-corrected chi connectivity index (χ4v) is 1.39. The van der Waals surface area contributed by atoms with Crippen molar-refractivity contribution in [2.24, 2.45) is 5.92 Å². The molecule has 0 saturated heterocycles. The zero-order valence-electron chi connectivity index (χ0n) is 9.84. The number of nitrogens with one attached hydrogen (secondary N) is 3. The molecule has 3 N–H and O–H groups in total. The first-order chi connectivity index (χ1) is 7.74. The summed E-state index contributed by atoms with van der Waals surface area (Å²) in [7, 11) is 1.64. The van der Waals surface area contributed by atoms with Gasteiger partial charge in [0, 0.05) is 32.5 Å². The Morgan fingerprint density at radius 1 is 1.19 bits per heavy atom. The molecular weight excluding hydrogens is 206 g/mol. The molecule has 0 heterocycles. The summed E-state index contributed by atoms with van der Waals surface area (Å²) < 4.78 is 0. The number of carbonyl (C=O) groups excluding carboxylic acids is 2. The molecule has 0 spiro atoms. The SMILES string of the molecule is CNC(=O)CCCNCCNC(=O)C1CC1. The van der Waals surface area contributed by atoms with Gasteiger partial charge in [0.25, 0.3) is 0 Å². The van der Waals surface area contributed by atoms with E-state index in [-0.39, 0.29) is 17.7 Å². The maximum absolute atomic E-state index is 11.2. The third-order valence-corrected chi connectivity index (χ3v) is 2.59. The molecule has 92 valence electrons. The first-order valence-corrected chi connectivity index (χ1v) is 5.93. The van der Waals surface area contributed by atoms with E-state index in [1.165, 1.54) is 0 Å². The summed E-state index contributed by atoms with van der Waals surface area (Å²) in [4.78, 5) is 22.1. The van der Waals surface area contributed by atoms with E-state index in [4.69, 9.17) is 0 Å². The third kappa shape index (κ3) is 5.70. The van der Waals surface area contributed by atoms with E-state index in [0.29, 0.717) is 13.0 Å². The van der Waals surface area contributed by atoms with Crippen molar-refractivity contribution >= 4 is 11.8 Å². The third-order valence-electron chi connectivity index (χ3n) is 2.59. The predicted molar refractivity (Wildman–Crippen MR) is 61.9 cm³/mol. The number of amides is 2. The van der Waals surface area contributed by atoms with Crippen LogP contribution in [0.25, 0.3) is 0 Å². The molecule has 0 bridgehead atoms. The molecule has 1 fully saturated rings. The Hall–Kier alpha value is -1.10. The lowest BCUT2D eigenvalue weighted by molar-refractivity contribution is -0.122. The topological polar surface area (TPSA) is 70.2 Å². The van der Waals surface area contributed by atoms with Gasteiger partial charge in [0.15, 0.2) is 0 Å². The van der Waals surface area contributed by atoms with Gasteiger partial charge in [0.1, 0.15) is 0 Å². The average molecular weight is 227 g/mol. The first kappa shape index (κ1) is 13.0. The lowest BCUT2D eigenvalue weighted by Gasteiger charge is -2.06. The van der Waals surface area contributed by atoms with Crippen LogP contribution in [-0.4, -0.2) is 38.5 Å². The second kappa shape index (κ2) is 7.22. The molecule has 16 heavy (non-hydrogen) atoms. The Kier molecular flexibility index (Phi) is 5.85.